The van der Waals surface area contributed by atoms with Crippen LogP contribution in [-0.2, 0) is 24.3 Å². The molecule has 0 spiro atoms. The second-order valence-electron chi connectivity index (χ2n) is 7.73. The zero-order valence-electron chi connectivity index (χ0n) is 16.8. The van der Waals surface area contributed by atoms with Crippen molar-refractivity contribution in [2.24, 2.45) is 5.92 Å². The lowest BCUT2D eigenvalue weighted by Gasteiger charge is -2.31. The molecule has 2 aromatic carbocycles. The molecule has 4 nitrogen and oxygen atoms in total. The van der Waals surface area contributed by atoms with Gasteiger partial charge in [-0.25, -0.2) is 4.79 Å². The molecule has 1 fully saturated rings. The maximum Gasteiger partial charge on any atom is 0.410 e. The standard InChI is InChI=1S/C23H30N2O2.ClH/c1-24(2)17-21-10-8-19(9-11-21)16-20-12-14-25(15-13-20)23(26)27-18-22-6-4-3-5-7-22;/h3-11,20H,12-18H2,1-2H3;1H. The summed E-state index contributed by atoms with van der Waals surface area (Å²) in [4.78, 5) is 16.3. The first kappa shape index (κ1) is 22.3. The van der Waals surface area contributed by atoms with Crippen LogP contribution >= 0.6 is 12.4 Å². The zero-order valence-corrected chi connectivity index (χ0v) is 17.7. The van der Waals surface area contributed by atoms with E-state index in [4.69, 9.17) is 4.74 Å². The van der Waals surface area contributed by atoms with E-state index in [0.717, 1.165) is 44.5 Å². The molecule has 1 heterocycles. The van der Waals surface area contributed by atoms with Gasteiger partial charge in [0, 0.05) is 19.6 Å². The monoisotopic (exact) mass is 402 g/mol. The van der Waals surface area contributed by atoms with Crippen molar-refractivity contribution in [3.63, 3.8) is 0 Å². The fourth-order valence-corrected chi connectivity index (χ4v) is 3.61. The van der Waals surface area contributed by atoms with Gasteiger partial charge in [0.05, 0.1) is 0 Å². The van der Waals surface area contributed by atoms with Gasteiger partial charge in [0.25, 0.3) is 0 Å². The maximum atomic E-state index is 12.3. The number of halogens is 1. The Bertz CT molecular complexity index is 711. The van der Waals surface area contributed by atoms with Crippen LogP contribution in [0.2, 0.25) is 0 Å². The second kappa shape index (κ2) is 11.1. The van der Waals surface area contributed by atoms with Crippen molar-refractivity contribution in [3.8, 4) is 0 Å². The fraction of sp³-hybridized carbons (Fsp3) is 0.435. The zero-order chi connectivity index (χ0) is 19.1. The van der Waals surface area contributed by atoms with Crippen molar-refractivity contribution in [1.29, 1.82) is 0 Å². The summed E-state index contributed by atoms with van der Waals surface area (Å²) in [6.07, 6.45) is 2.99. The van der Waals surface area contributed by atoms with Crippen LogP contribution in [0.1, 0.15) is 29.5 Å². The van der Waals surface area contributed by atoms with Gasteiger partial charge in [0.2, 0.25) is 0 Å². The minimum atomic E-state index is -0.189. The molecule has 28 heavy (non-hydrogen) atoms. The van der Waals surface area contributed by atoms with Crippen LogP contribution in [0.15, 0.2) is 54.6 Å². The van der Waals surface area contributed by atoms with Gasteiger partial charge in [-0.3, -0.25) is 0 Å². The summed E-state index contributed by atoms with van der Waals surface area (Å²) in [5.41, 5.74) is 3.76. The molecule has 0 aromatic heterocycles. The minimum absolute atomic E-state index is 0. The molecule has 0 unspecified atom stereocenters. The van der Waals surface area contributed by atoms with E-state index >= 15 is 0 Å². The Balaban J connectivity index is 0.00000280. The van der Waals surface area contributed by atoms with Crippen molar-refractivity contribution >= 4 is 18.5 Å². The fourth-order valence-electron chi connectivity index (χ4n) is 3.61. The molecule has 1 aliphatic heterocycles. The van der Waals surface area contributed by atoms with Crippen molar-refractivity contribution in [2.45, 2.75) is 32.4 Å². The molecular formula is C23H31ClN2O2. The van der Waals surface area contributed by atoms with Crippen LogP contribution in [0.25, 0.3) is 0 Å². The van der Waals surface area contributed by atoms with Crippen LogP contribution < -0.4 is 0 Å². The number of nitrogens with zero attached hydrogens (tertiary/aromatic N) is 2. The van der Waals surface area contributed by atoms with Crippen molar-refractivity contribution < 1.29 is 9.53 Å². The van der Waals surface area contributed by atoms with Crippen LogP contribution in [0, 0.1) is 5.92 Å². The third-order valence-electron chi connectivity index (χ3n) is 5.12. The molecular weight excluding hydrogens is 372 g/mol. The molecule has 0 N–H and O–H groups in total. The number of hydrogen-bond donors (Lipinski definition) is 0. The average Bonchev–Trinajstić information content (AvgIpc) is 2.69. The van der Waals surface area contributed by atoms with Gasteiger partial charge in [-0.15, -0.1) is 12.4 Å². The molecule has 1 amide bonds. The average molecular weight is 403 g/mol. The van der Waals surface area contributed by atoms with Crippen LogP contribution in [-0.4, -0.2) is 43.1 Å². The van der Waals surface area contributed by atoms with Crippen LogP contribution in [0.4, 0.5) is 4.79 Å². The number of ether oxygens (including phenoxy) is 1. The molecule has 0 bridgehead atoms. The summed E-state index contributed by atoms with van der Waals surface area (Å²) in [5, 5.41) is 0. The Morgan fingerprint density at radius 3 is 2.18 bits per heavy atom. The Kier molecular flexibility index (Phi) is 8.81. The molecule has 5 heteroatoms. The van der Waals surface area contributed by atoms with Gasteiger partial charge in [-0.2, -0.15) is 0 Å². The number of piperidine rings is 1. The van der Waals surface area contributed by atoms with E-state index in [-0.39, 0.29) is 18.5 Å². The van der Waals surface area contributed by atoms with Gasteiger partial charge >= 0.3 is 6.09 Å². The normalized spacial score (nSPS) is 14.6. The van der Waals surface area contributed by atoms with Gasteiger partial charge < -0.3 is 14.5 Å². The summed E-state index contributed by atoms with van der Waals surface area (Å²) in [6, 6.07) is 18.8. The molecule has 152 valence electrons. The van der Waals surface area contributed by atoms with Gasteiger partial charge in [-0.1, -0.05) is 54.6 Å². The number of rotatable bonds is 6. The summed E-state index contributed by atoms with van der Waals surface area (Å²) in [5.74, 6) is 0.642. The summed E-state index contributed by atoms with van der Waals surface area (Å²) >= 11 is 0. The van der Waals surface area contributed by atoms with E-state index in [1.54, 1.807) is 0 Å². The van der Waals surface area contributed by atoms with Crippen LogP contribution in [0.3, 0.4) is 0 Å². The minimum Gasteiger partial charge on any atom is -0.445 e. The molecule has 3 rings (SSSR count). The predicted molar refractivity (Wildman–Crippen MR) is 116 cm³/mol. The molecule has 0 saturated carbocycles. The Morgan fingerprint density at radius 1 is 0.964 bits per heavy atom. The number of carbonyl (C=O) groups excluding carboxylic acids is 1. The van der Waals surface area contributed by atoms with Crippen molar-refractivity contribution in [2.75, 3.05) is 27.2 Å². The van der Waals surface area contributed by atoms with E-state index in [0.29, 0.717) is 12.5 Å². The van der Waals surface area contributed by atoms with Crippen molar-refractivity contribution in [1.82, 2.24) is 9.80 Å². The summed E-state index contributed by atoms with van der Waals surface area (Å²) in [6.45, 7) is 2.90. The highest BCUT2D eigenvalue weighted by molar-refractivity contribution is 5.85. The van der Waals surface area contributed by atoms with Gasteiger partial charge in [0.1, 0.15) is 6.61 Å². The molecule has 0 atom stereocenters. The number of hydrogen-bond acceptors (Lipinski definition) is 3. The Morgan fingerprint density at radius 2 is 1.57 bits per heavy atom. The third-order valence-corrected chi connectivity index (χ3v) is 5.12. The van der Waals surface area contributed by atoms with Gasteiger partial charge in [0.15, 0.2) is 0 Å². The summed E-state index contributed by atoms with van der Waals surface area (Å²) < 4.78 is 5.45. The second-order valence-corrected chi connectivity index (χ2v) is 7.73. The van der Waals surface area contributed by atoms with Crippen LogP contribution in [0.5, 0.6) is 0 Å². The third kappa shape index (κ3) is 6.84. The number of likely N-dealkylation sites (tertiary alicyclic amines) is 1. The highest BCUT2D eigenvalue weighted by atomic mass is 35.5. The molecule has 1 aliphatic rings. The highest BCUT2D eigenvalue weighted by Gasteiger charge is 2.23. The first-order chi connectivity index (χ1) is 13.1. The predicted octanol–water partition coefficient (Wildman–Crippen LogP) is 4.76. The Labute approximate surface area is 174 Å². The molecule has 2 aromatic rings. The quantitative estimate of drug-likeness (QED) is 0.698. The van der Waals surface area contributed by atoms with Gasteiger partial charge in [-0.05, 0) is 56.0 Å². The van der Waals surface area contributed by atoms with E-state index in [1.165, 1.54) is 11.1 Å². The molecule has 0 aliphatic carbocycles. The maximum absolute atomic E-state index is 12.3. The highest BCUT2D eigenvalue weighted by Crippen LogP contribution is 2.22. The number of benzene rings is 2. The van der Waals surface area contributed by atoms with E-state index in [2.05, 4.69) is 43.3 Å². The van der Waals surface area contributed by atoms with E-state index < -0.39 is 0 Å². The number of carbonyl (C=O) groups is 1. The first-order valence-electron chi connectivity index (χ1n) is 9.78. The lowest BCUT2D eigenvalue weighted by Crippen LogP contribution is -2.39. The lowest BCUT2D eigenvalue weighted by atomic mass is 9.90. The largest absolute Gasteiger partial charge is 0.445 e. The summed E-state index contributed by atoms with van der Waals surface area (Å²) in [7, 11) is 4.18. The SMILES string of the molecule is CN(C)Cc1ccc(CC2CCN(C(=O)OCc3ccccc3)CC2)cc1.Cl. The smallest absolute Gasteiger partial charge is 0.410 e. The molecule has 0 radical (unpaired) electrons. The first-order valence-corrected chi connectivity index (χ1v) is 9.78. The van der Waals surface area contributed by atoms with Crippen molar-refractivity contribution in [3.05, 3.63) is 71.3 Å². The molecule has 1 saturated heterocycles. The Hall–Kier alpha value is -2.04. The number of amides is 1. The van der Waals surface area contributed by atoms with E-state index in [1.807, 2.05) is 35.2 Å². The topological polar surface area (TPSA) is 32.8 Å². The van der Waals surface area contributed by atoms with E-state index in [9.17, 15) is 4.79 Å². The lowest BCUT2D eigenvalue weighted by molar-refractivity contribution is 0.0823.